The fourth-order valence-electron chi connectivity index (χ4n) is 2.04. The summed E-state index contributed by atoms with van der Waals surface area (Å²) in [6.45, 7) is 2.66. The van der Waals surface area contributed by atoms with Gasteiger partial charge in [0, 0.05) is 23.4 Å². The van der Waals surface area contributed by atoms with E-state index in [4.69, 9.17) is 5.73 Å². The maximum atomic E-state index is 11.7. The van der Waals surface area contributed by atoms with Gasteiger partial charge in [-0.05, 0) is 19.4 Å². The normalized spacial score (nSPS) is 24.9. The molecule has 6 heteroatoms. The third-order valence-corrected chi connectivity index (χ3v) is 6.80. The molecule has 2 unspecified atom stereocenters. The Balaban J connectivity index is 2.07. The Morgan fingerprint density at radius 2 is 2.41 bits per heavy atom. The van der Waals surface area contributed by atoms with Crippen molar-refractivity contribution in [1.29, 1.82) is 0 Å². The van der Waals surface area contributed by atoms with Gasteiger partial charge in [0.1, 0.15) is 0 Å². The quantitative estimate of drug-likeness (QED) is 0.899. The second-order valence-corrected chi connectivity index (χ2v) is 8.18. The summed E-state index contributed by atoms with van der Waals surface area (Å²) in [7, 11) is -2.86. The molecule has 2 rings (SSSR count). The summed E-state index contributed by atoms with van der Waals surface area (Å²) in [5.41, 5.74) is 5.60. The molecule has 0 saturated carbocycles. The van der Waals surface area contributed by atoms with Crippen molar-refractivity contribution in [1.82, 2.24) is 4.98 Å². The second kappa shape index (κ2) is 5.04. The Morgan fingerprint density at radius 3 is 3.00 bits per heavy atom. The number of rotatable bonds is 4. The fourth-order valence-corrected chi connectivity index (χ4v) is 5.06. The van der Waals surface area contributed by atoms with Crippen LogP contribution in [0.1, 0.15) is 35.6 Å². The van der Waals surface area contributed by atoms with Crippen LogP contribution in [-0.2, 0) is 16.3 Å². The van der Waals surface area contributed by atoms with Crippen molar-refractivity contribution in [2.75, 3.05) is 12.3 Å². The van der Waals surface area contributed by atoms with Gasteiger partial charge in [-0.25, -0.2) is 13.4 Å². The van der Waals surface area contributed by atoms with E-state index in [-0.39, 0.29) is 5.25 Å². The van der Waals surface area contributed by atoms with Gasteiger partial charge in [0.25, 0.3) is 0 Å². The number of nitrogens with two attached hydrogens (primary N) is 1. The summed E-state index contributed by atoms with van der Waals surface area (Å²) >= 11 is 1.60. The van der Waals surface area contributed by atoms with E-state index in [0.717, 1.165) is 22.7 Å². The van der Waals surface area contributed by atoms with Crippen LogP contribution in [0.25, 0.3) is 0 Å². The number of hydrogen-bond donors (Lipinski definition) is 1. The summed E-state index contributed by atoms with van der Waals surface area (Å²) < 4.78 is 23.4. The molecule has 1 aromatic heterocycles. The third-order valence-electron chi connectivity index (χ3n) is 3.28. The van der Waals surface area contributed by atoms with Gasteiger partial charge in [-0.3, -0.25) is 0 Å². The average Bonchev–Trinajstić information content (AvgIpc) is 2.86. The standard InChI is InChI=1S/C11H18N2O2S2/c1-8(6-12)10-7-13-11(16-10)5-9-3-2-4-17(9,14)15/h7-9H,2-6,12H2,1H3. The van der Waals surface area contributed by atoms with Crippen LogP contribution in [0.2, 0.25) is 0 Å². The Labute approximate surface area is 106 Å². The first-order valence-electron chi connectivity index (χ1n) is 5.89. The molecule has 17 heavy (non-hydrogen) atoms. The number of thiazole rings is 1. The first-order chi connectivity index (χ1) is 8.03. The predicted molar refractivity (Wildman–Crippen MR) is 70.1 cm³/mol. The van der Waals surface area contributed by atoms with Crippen LogP contribution in [0.5, 0.6) is 0 Å². The van der Waals surface area contributed by atoms with Gasteiger partial charge in [0.2, 0.25) is 0 Å². The van der Waals surface area contributed by atoms with Crippen LogP contribution in [0.15, 0.2) is 6.20 Å². The Bertz CT molecular complexity index is 481. The van der Waals surface area contributed by atoms with E-state index >= 15 is 0 Å². The molecule has 0 radical (unpaired) electrons. The Morgan fingerprint density at radius 1 is 1.65 bits per heavy atom. The van der Waals surface area contributed by atoms with E-state index in [0.29, 0.717) is 24.6 Å². The molecule has 4 nitrogen and oxygen atoms in total. The highest BCUT2D eigenvalue weighted by Gasteiger charge is 2.32. The molecule has 0 bridgehead atoms. The lowest BCUT2D eigenvalue weighted by Gasteiger charge is -2.06. The van der Waals surface area contributed by atoms with Crippen molar-refractivity contribution >= 4 is 21.2 Å². The van der Waals surface area contributed by atoms with Crippen LogP contribution in [0.4, 0.5) is 0 Å². The van der Waals surface area contributed by atoms with E-state index in [1.165, 1.54) is 0 Å². The first-order valence-corrected chi connectivity index (χ1v) is 8.42. The monoisotopic (exact) mass is 274 g/mol. The highest BCUT2D eigenvalue weighted by Crippen LogP contribution is 2.27. The zero-order valence-electron chi connectivity index (χ0n) is 9.93. The van der Waals surface area contributed by atoms with Gasteiger partial charge in [-0.1, -0.05) is 6.92 Å². The molecule has 0 spiro atoms. The van der Waals surface area contributed by atoms with Crippen LogP contribution in [0, 0.1) is 0 Å². The summed E-state index contributed by atoms with van der Waals surface area (Å²) in [5, 5.41) is 0.713. The minimum atomic E-state index is -2.86. The molecule has 1 aliphatic heterocycles. The van der Waals surface area contributed by atoms with Gasteiger partial charge >= 0.3 is 0 Å². The number of nitrogens with zero attached hydrogens (tertiary/aromatic N) is 1. The largest absolute Gasteiger partial charge is 0.330 e. The van der Waals surface area contributed by atoms with Crippen LogP contribution >= 0.6 is 11.3 Å². The SMILES string of the molecule is CC(CN)c1cnc(CC2CCCS2(=O)=O)s1. The van der Waals surface area contributed by atoms with Crippen molar-refractivity contribution in [2.24, 2.45) is 5.73 Å². The molecule has 1 fully saturated rings. The maximum Gasteiger partial charge on any atom is 0.153 e. The molecule has 0 amide bonds. The predicted octanol–water partition coefficient (Wildman–Crippen LogP) is 1.33. The molecule has 2 atom stereocenters. The molecular weight excluding hydrogens is 256 g/mol. The lowest BCUT2D eigenvalue weighted by Crippen LogP contribution is -2.18. The Hall–Kier alpha value is -0.460. The molecule has 2 N–H and O–H groups in total. The zero-order chi connectivity index (χ0) is 12.5. The van der Waals surface area contributed by atoms with E-state index in [1.807, 2.05) is 6.20 Å². The highest BCUT2D eigenvalue weighted by molar-refractivity contribution is 7.92. The van der Waals surface area contributed by atoms with Crippen molar-refractivity contribution in [3.8, 4) is 0 Å². The lowest BCUT2D eigenvalue weighted by atomic mass is 10.2. The second-order valence-electron chi connectivity index (χ2n) is 4.63. The number of hydrogen-bond acceptors (Lipinski definition) is 5. The van der Waals surface area contributed by atoms with E-state index in [2.05, 4.69) is 11.9 Å². The smallest absolute Gasteiger partial charge is 0.153 e. The lowest BCUT2D eigenvalue weighted by molar-refractivity contribution is 0.588. The summed E-state index contributed by atoms with van der Waals surface area (Å²) in [6, 6.07) is 0. The van der Waals surface area contributed by atoms with Crippen LogP contribution in [-0.4, -0.2) is 30.9 Å². The highest BCUT2D eigenvalue weighted by atomic mass is 32.2. The third kappa shape index (κ3) is 2.86. The number of sulfone groups is 1. The van der Waals surface area contributed by atoms with Gasteiger partial charge in [-0.15, -0.1) is 11.3 Å². The van der Waals surface area contributed by atoms with Gasteiger partial charge < -0.3 is 5.73 Å². The molecular formula is C11H18N2O2S2. The van der Waals surface area contributed by atoms with Gasteiger partial charge in [-0.2, -0.15) is 0 Å². The minimum Gasteiger partial charge on any atom is -0.330 e. The van der Waals surface area contributed by atoms with E-state index in [9.17, 15) is 8.42 Å². The molecule has 1 aliphatic rings. The van der Waals surface area contributed by atoms with Gasteiger partial charge in [0.15, 0.2) is 9.84 Å². The Kier molecular flexibility index (Phi) is 3.85. The molecule has 1 saturated heterocycles. The average molecular weight is 274 g/mol. The molecule has 2 heterocycles. The number of aromatic nitrogens is 1. The molecule has 1 aromatic rings. The zero-order valence-corrected chi connectivity index (χ0v) is 11.6. The first kappa shape index (κ1) is 13.0. The van der Waals surface area contributed by atoms with Crippen molar-refractivity contribution in [3.63, 3.8) is 0 Å². The van der Waals surface area contributed by atoms with Crippen molar-refractivity contribution < 1.29 is 8.42 Å². The maximum absolute atomic E-state index is 11.7. The molecule has 0 aromatic carbocycles. The molecule has 0 aliphatic carbocycles. The summed E-state index contributed by atoms with van der Waals surface area (Å²) in [5.74, 6) is 0.649. The topological polar surface area (TPSA) is 73.0 Å². The summed E-state index contributed by atoms with van der Waals surface area (Å²) in [4.78, 5) is 5.46. The van der Waals surface area contributed by atoms with Crippen LogP contribution in [0.3, 0.4) is 0 Å². The fraction of sp³-hybridized carbons (Fsp3) is 0.727. The van der Waals surface area contributed by atoms with Crippen molar-refractivity contribution in [3.05, 3.63) is 16.1 Å². The van der Waals surface area contributed by atoms with Crippen molar-refractivity contribution in [2.45, 2.75) is 37.4 Å². The molecule has 96 valence electrons. The summed E-state index contributed by atoms with van der Waals surface area (Å²) in [6.07, 6.45) is 3.98. The minimum absolute atomic E-state index is 0.213. The van der Waals surface area contributed by atoms with E-state index < -0.39 is 9.84 Å². The van der Waals surface area contributed by atoms with Gasteiger partial charge in [0.05, 0.1) is 16.0 Å². The van der Waals surface area contributed by atoms with E-state index in [1.54, 1.807) is 11.3 Å². The van der Waals surface area contributed by atoms with Crippen LogP contribution < -0.4 is 5.73 Å².